The molecule has 0 spiro atoms. The van der Waals surface area contributed by atoms with Crippen LogP contribution in [0.5, 0.6) is 0 Å². The molecule has 2 aliphatic heterocycles. The monoisotopic (exact) mass is 369 g/mol. The van der Waals surface area contributed by atoms with Crippen LogP contribution in [0.3, 0.4) is 0 Å². The predicted octanol–water partition coefficient (Wildman–Crippen LogP) is 3.44. The lowest BCUT2D eigenvalue weighted by Gasteiger charge is -2.40. The smallest absolute Gasteiger partial charge is 0.413 e. The molecule has 1 aromatic rings. The first-order chi connectivity index (χ1) is 11.1. The Kier molecular flexibility index (Phi) is 4.34. The van der Waals surface area contributed by atoms with Gasteiger partial charge in [0.25, 0.3) is 0 Å². The molecule has 0 aliphatic carbocycles. The Labute approximate surface area is 150 Å². The molecule has 3 heterocycles. The van der Waals surface area contributed by atoms with Crippen LogP contribution in [0.1, 0.15) is 32.6 Å². The van der Waals surface area contributed by atoms with Crippen LogP contribution in [0.15, 0.2) is 16.4 Å². The van der Waals surface area contributed by atoms with E-state index in [9.17, 15) is 9.90 Å². The number of thiophene rings is 1. The number of carboxylic acid groups (broad SMARTS) is 1. The summed E-state index contributed by atoms with van der Waals surface area (Å²) in [6.07, 6.45) is -0.904. The second kappa shape index (κ2) is 5.93. The maximum absolute atomic E-state index is 11.8. The van der Waals surface area contributed by atoms with Crippen molar-refractivity contribution < 1.29 is 14.6 Å². The van der Waals surface area contributed by atoms with Gasteiger partial charge >= 0.3 is 6.09 Å². The third-order valence-corrected chi connectivity index (χ3v) is 6.71. The van der Waals surface area contributed by atoms with Crippen molar-refractivity contribution in [2.75, 3.05) is 18.1 Å². The maximum atomic E-state index is 11.8. The van der Waals surface area contributed by atoms with Gasteiger partial charge < -0.3 is 15.6 Å². The fourth-order valence-corrected chi connectivity index (χ4v) is 5.86. The Morgan fingerprint density at radius 2 is 2.25 bits per heavy atom. The lowest BCUT2D eigenvalue weighted by atomic mass is 9.84. The van der Waals surface area contributed by atoms with Gasteiger partial charge in [-0.3, -0.25) is 4.90 Å². The summed E-state index contributed by atoms with van der Waals surface area (Å²) in [4.78, 5) is 19.2. The van der Waals surface area contributed by atoms with Crippen molar-refractivity contribution >= 4 is 40.0 Å². The molecule has 0 saturated carbocycles. The Morgan fingerprint density at radius 3 is 2.79 bits per heavy atom. The molecule has 24 heavy (non-hydrogen) atoms. The van der Waals surface area contributed by atoms with Gasteiger partial charge in [0.15, 0.2) is 5.17 Å². The van der Waals surface area contributed by atoms with Crippen molar-refractivity contribution in [1.29, 1.82) is 0 Å². The summed E-state index contributed by atoms with van der Waals surface area (Å²) >= 11 is 3.06. The van der Waals surface area contributed by atoms with Gasteiger partial charge in [-0.05, 0) is 33.8 Å². The third-order valence-electron chi connectivity index (χ3n) is 4.53. The predicted molar refractivity (Wildman–Crippen MR) is 98.8 cm³/mol. The average molecular weight is 370 g/mol. The van der Waals surface area contributed by atoms with Crippen LogP contribution in [0.4, 0.5) is 10.5 Å². The molecule has 2 aliphatic rings. The largest absolute Gasteiger partial charge is 0.465 e. The minimum absolute atomic E-state index is 0.0824. The van der Waals surface area contributed by atoms with Gasteiger partial charge in [0.1, 0.15) is 5.54 Å². The van der Waals surface area contributed by atoms with Crippen molar-refractivity contribution in [2.45, 2.75) is 44.9 Å². The molecule has 1 saturated heterocycles. The highest BCUT2D eigenvalue weighted by Gasteiger charge is 2.53. The molecule has 3 atom stereocenters. The number of amidine groups is 1. The third kappa shape index (κ3) is 2.80. The number of nitrogens with zero attached hydrogens (tertiary/aromatic N) is 2. The highest BCUT2D eigenvalue weighted by Crippen LogP contribution is 2.50. The molecule has 1 fully saturated rings. The summed E-state index contributed by atoms with van der Waals surface area (Å²) in [5.41, 5.74) is 5.53. The van der Waals surface area contributed by atoms with Crippen LogP contribution in [0.2, 0.25) is 0 Å². The van der Waals surface area contributed by atoms with Crippen molar-refractivity contribution in [3.63, 3.8) is 0 Å². The number of fused-ring (bicyclic) bond motifs is 1. The normalized spacial score (nSPS) is 29.9. The van der Waals surface area contributed by atoms with Crippen LogP contribution < -0.4 is 5.73 Å². The van der Waals surface area contributed by atoms with Crippen molar-refractivity contribution in [1.82, 2.24) is 4.90 Å². The fraction of sp³-hybridized carbons (Fsp3) is 0.625. The van der Waals surface area contributed by atoms with E-state index in [1.807, 2.05) is 32.2 Å². The zero-order valence-electron chi connectivity index (χ0n) is 14.3. The van der Waals surface area contributed by atoms with Crippen molar-refractivity contribution in [2.24, 2.45) is 10.9 Å². The Morgan fingerprint density at radius 1 is 1.54 bits per heavy atom. The molecule has 0 bridgehead atoms. The molecule has 0 aromatic carbocycles. The Bertz CT molecular complexity index is 682. The summed E-state index contributed by atoms with van der Waals surface area (Å²) in [6.45, 7) is 8.14. The molecule has 1 amide bonds. The van der Waals surface area contributed by atoms with E-state index in [1.54, 1.807) is 11.3 Å². The minimum Gasteiger partial charge on any atom is -0.465 e. The van der Waals surface area contributed by atoms with Crippen LogP contribution in [-0.2, 0) is 10.3 Å². The number of rotatable bonds is 1. The van der Waals surface area contributed by atoms with E-state index in [-0.39, 0.29) is 12.0 Å². The van der Waals surface area contributed by atoms with E-state index in [2.05, 4.69) is 6.92 Å². The summed E-state index contributed by atoms with van der Waals surface area (Å²) in [6, 6.07) is 1.94. The van der Waals surface area contributed by atoms with E-state index in [4.69, 9.17) is 15.5 Å². The molecular formula is C16H23N3O3S2. The van der Waals surface area contributed by atoms with Gasteiger partial charge in [-0.2, -0.15) is 0 Å². The van der Waals surface area contributed by atoms with Gasteiger partial charge in [-0.1, -0.05) is 11.8 Å². The lowest BCUT2D eigenvalue weighted by molar-refractivity contribution is 0.108. The Hall–Kier alpha value is -1.25. The average Bonchev–Trinajstić information content (AvgIpc) is 3.02. The van der Waals surface area contributed by atoms with Crippen molar-refractivity contribution in [3.8, 4) is 0 Å². The standard InChI is InChI=1S/C16H23N3O3S2/c1-9-11-7-24-13(19(14(20)21)15(2,3)4)18-16(11,8-22-9)12-5-10(17)6-23-12/h5-6,9,11H,7-8,17H2,1-4H3,(H,20,21). The Balaban J connectivity index is 2.10. The molecule has 6 nitrogen and oxygen atoms in total. The van der Waals surface area contributed by atoms with Crippen LogP contribution in [0.25, 0.3) is 0 Å². The maximum Gasteiger partial charge on any atom is 0.413 e. The van der Waals surface area contributed by atoms with Crippen LogP contribution in [-0.4, -0.2) is 45.3 Å². The molecule has 8 heteroatoms. The molecule has 3 N–H and O–H groups in total. The second-order valence-electron chi connectivity index (χ2n) is 7.29. The number of aliphatic imine (C=N–C) groups is 1. The molecule has 3 unspecified atom stereocenters. The van der Waals surface area contributed by atoms with Crippen molar-refractivity contribution in [3.05, 3.63) is 16.3 Å². The lowest BCUT2D eigenvalue weighted by Crippen LogP contribution is -2.51. The SMILES string of the molecule is CC1OCC2(c3cc(N)cs3)N=C(N(C(=O)O)C(C)(C)C)SCC12. The highest BCUT2D eigenvalue weighted by molar-refractivity contribution is 8.13. The van der Waals surface area contributed by atoms with Gasteiger partial charge in [0, 0.05) is 33.2 Å². The molecular weight excluding hydrogens is 346 g/mol. The topological polar surface area (TPSA) is 88.2 Å². The number of anilines is 1. The van der Waals surface area contributed by atoms with Crippen LogP contribution >= 0.6 is 23.1 Å². The molecule has 1 aromatic heterocycles. The first kappa shape index (κ1) is 17.6. The number of hydrogen-bond donors (Lipinski definition) is 2. The van der Waals surface area contributed by atoms with Gasteiger partial charge in [0.2, 0.25) is 0 Å². The van der Waals surface area contributed by atoms with Crippen LogP contribution in [0, 0.1) is 5.92 Å². The summed E-state index contributed by atoms with van der Waals surface area (Å²) < 4.78 is 5.92. The second-order valence-corrected chi connectivity index (χ2v) is 9.18. The molecule has 3 rings (SSSR count). The van der Waals surface area contributed by atoms with E-state index in [1.165, 1.54) is 16.7 Å². The minimum atomic E-state index is -0.986. The van der Waals surface area contributed by atoms with E-state index >= 15 is 0 Å². The van der Waals surface area contributed by atoms with E-state index in [0.29, 0.717) is 17.5 Å². The van der Waals surface area contributed by atoms with E-state index in [0.717, 1.165) is 10.6 Å². The summed E-state index contributed by atoms with van der Waals surface area (Å²) in [7, 11) is 0. The highest BCUT2D eigenvalue weighted by atomic mass is 32.2. The molecule has 132 valence electrons. The number of ether oxygens (including phenoxy) is 1. The zero-order chi connectivity index (χ0) is 17.7. The number of nitrogen functional groups attached to an aromatic ring is 1. The zero-order valence-corrected chi connectivity index (χ0v) is 15.9. The first-order valence-corrected chi connectivity index (χ1v) is 9.73. The number of nitrogens with two attached hydrogens (primary N) is 1. The van der Waals surface area contributed by atoms with Gasteiger partial charge in [0.05, 0.1) is 12.7 Å². The quantitative estimate of drug-likeness (QED) is 0.792. The van der Waals surface area contributed by atoms with Gasteiger partial charge in [-0.25, -0.2) is 9.79 Å². The summed E-state index contributed by atoms with van der Waals surface area (Å²) in [5.74, 6) is 0.984. The number of hydrogen-bond acceptors (Lipinski definition) is 6. The van der Waals surface area contributed by atoms with E-state index < -0.39 is 17.2 Å². The fourth-order valence-electron chi connectivity index (χ4n) is 3.28. The summed E-state index contributed by atoms with van der Waals surface area (Å²) in [5, 5.41) is 12.1. The number of amides is 1. The number of thioether (sulfide) groups is 1. The first-order valence-electron chi connectivity index (χ1n) is 7.87. The molecule has 0 radical (unpaired) electrons. The van der Waals surface area contributed by atoms with Gasteiger partial charge in [-0.15, -0.1) is 11.3 Å². The number of carbonyl (C=O) groups is 1.